The van der Waals surface area contributed by atoms with E-state index >= 15 is 0 Å². The van der Waals surface area contributed by atoms with Crippen molar-refractivity contribution in [2.45, 2.75) is 79.9 Å². The maximum absolute atomic E-state index is 12.7. The van der Waals surface area contributed by atoms with Crippen LogP contribution in [0.2, 0.25) is 0 Å². The predicted octanol–water partition coefficient (Wildman–Crippen LogP) is 5.39. The van der Waals surface area contributed by atoms with Crippen LogP contribution in [0.4, 0.5) is 0 Å². The summed E-state index contributed by atoms with van der Waals surface area (Å²) in [5.41, 5.74) is 0.803. The Morgan fingerprint density at radius 1 is 1.00 bits per heavy atom. The molecule has 1 aliphatic rings. The van der Waals surface area contributed by atoms with Crippen LogP contribution in [0.25, 0.3) is 0 Å². The highest BCUT2D eigenvalue weighted by Crippen LogP contribution is 2.20. The quantitative estimate of drug-likeness (QED) is 0.234. The van der Waals surface area contributed by atoms with Crippen LogP contribution >= 0.6 is 0 Å². The smallest absolute Gasteiger partial charge is 0.345 e. The van der Waals surface area contributed by atoms with Crippen LogP contribution in [-0.4, -0.2) is 24.1 Å². The van der Waals surface area contributed by atoms with E-state index in [1.165, 1.54) is 0 Å². The van der Waals surface area contributed by atoms with E-state index in [9.17, 15) is 9.59 Å². The molecule has 4 heteroatoms. The fourth-order valence-electron chi connectivity index (χ4n) is 3.25. The van der Waals surface area contributed by atoms with Crippen molar-refractivity contribution in [2.24, 2.45) is 17.8 Å². The summed E-state index contributed by atoms with van der Waals surface area (Å²) in [5, 5.41) is 0. The Morgan fingerprint density at radius 2 is 1.48 bits per heavy atom. The highest BCUT2D eigenvalue weighted by atomic mass is 16.6. The lowest BCUT2D eigenvalue weighted by Gasteiger charge is -2.19. The summed E-state index contributed by atoms with van der Waals surface area (Å²) in [6.07, 6.45) is 9.57. The van der Waals surface area contributed by atoms with Gasteiger partial charge in [0.05, 0.1) is 12.2 Å². The van der Waals surface area contributed by atoms with Crippen LogP contribution in [-0.2, 0) is 19.1 Å². The molecule has 0 spiro atoms. The van der Waals surface area contributed by atoms with E-state index in [0.717, 1.165) is 24.8 Å². The average molecular weight is 377 g/mol. The van der Waals surface area contributed by atoms with Crippen LogP contribution < -0.4 is 0 Å². The number of ether oxygens (including phenoxy) is 2. The van der Waals surface area contributed by atoms with E-state index < -0.39 is 11.9 Å². The molecular weight excluding hydrogens is 340 g/mol. The summed E-state index contributed by atoms with van der Waals surface area (Å²) in [6, 6.07) is 0. The van der Waals surface area contributed by atoms with Crippen molar-refractivity contribution in [2.75, 3.05) is 0 Å². The SMILES string of the molecule is CC(C)CC(C)OC(=O)C(=CC1=CC(C)CC=C1)C(=O)OC(C)CC(C)C. The zero-order valence-corrected chi connectivity index (χ0v) is 18.0. The summed E-state index contributed by atoms with van der Waals surface area (Å²) in [6.45, 7) is 14.1. The Morgan fingerprint density at radius 3 is 1.89 bits per heavy atom. The zero-order chi connectivity index (χ0) is 20.6. The van der Waals surface area contributed by atoms with Gasteiger partial charge < -0.3 is 9.47 Å². The molecule has 1 rings (SSSR count). The number of hydrogen-bond donors (Lipinski definition) is 0. The van der Waals surface area contributed by atoms with Gasteiger partial charge in [-0.15, -0.1) is 0 Å². The lowest BCUT2D eigenvalue weighted by Crippen LogP contribution is -2.26. The van der Waals surface area contributed by atoms with Gasteiger partial charge in [0.15, 0.2) is 0 Å². The van der Waals surface area contributed by atoms with Crippen LogP contribution in [0.15, 0.2) is 35.5 Å². The second kappa shape index (κ2) is 11.1. The average Bonchev–Trinajstić information content (AvgIpc) is 2.50. The van der Waals surface area contributed by atoms with Gasteiger partial charge in [0.1, 0.15) is 5.57 Å². The topological polar surface area (TPSA) is 52.6 Å². The lowest BCUT2D eigenvalue weighted by molar-refractivity contribution is -0.152. The second-order valence-electron chi connectivity index (χ2n) is 8.53. The molecule has 0 N–H and O–H groups in total. The molecule has 0 aromatic carbocycles. The molecular formula is C23H36O4. The van der Waals surface area contributed by atoms with Gasteiger partial charge in [-0.3, -0.25) is 0 Å². The third-order valence-corrected chi connectivity index (χ3v) is 4.27. The third-order valence-electron chi connectivity index (χ3n) is 4.27. The van der Waals surface area contributed by atoms with Gasteiger partial charge in [0.25, 0.3) is 0 Å². The van der Waals surface area contributed by atoms with Crippen LogP contribution in [0.1, 0.15) is 67.7 Å². The Labute approximate surface area is 164 Å². The summed E-state index contributed by atoms with van der Waals surface area (Å²) in [5.74, 6) is -0.0460. The molecule has 0 bridgehead atoms. The third kappa shape index (κ3) is 9.07. The molecule has 0 saturated carbocycles. The first-order valence-electron chi connectivity index (χ1n) is 10.1. The van der Waals surface area contributed by atoms with E-state index in [1.807, 2.05) is 26.0 Å². The van der Waals surface area contributed by atoms with Gasteiger partial charge in [-0.25, -0.2) is 9.59 Å². The number of allylic oxidation sites excluding steroid dienone is 5. The Hall–Kier alpha value is -1.84. The minimum atomic E-state index is -0.613. The van der Waals surface area contributed by atoms with Crippen LogP contribution in [0.3, 0.4) is 0 Å². The molecule has 152 valence electrons. The van der Waals surface area contributed by atoms with Gasteiger partial charge in [0, 0.05) is 0 Å². The van der Waals surface area contributed by atoms with Crippen LogP contribution in [0, 0.1) is 17.8 Å². The molecule has 0 aromatic rings. The van der Waals surface area contributed by atoms with Crippen molar-refractivity contribution in [3.05, 3.63) is 35.5 Å². The number of carbonyl (C=O) groups excluding carboxylic acids is 2. The molecule has 0 fully saturated rings. The lowest BCUT2D eigenvalue weighted by atomic mass is 9.96. The Kier molecular flexibility index (Phi) is 9.54. The number of hydrogen-bond acceptors (Lipinski definition) is 4. The van der Waals surface area contributed by atoms with Crippen molar-refractivity contribution in [3.63, 3.8) is 0 Å². The molecule has 0 saturated heterocycles. The summed E-state index contributed by atoms with van der Waals surface area (Å²) >= 11 is 0. The van der Waals surface area contributed by atoms with Gasteiger partial charge in [-0.05, 0) is 62.5 Å². The minimum Gasteiger partial charge on any atom is -0.459 e. The van der Waals surface area contributed by atoms with Gasteiger partial charge in [0.2, 0.25) is 0 Å². The van der Waals surface area contributed by atoms with Crippen molar-refractivity contribution < 1.29 is 19.1 Å². The summed E-state index contributed by atoms with van der Waals surface area (Å²) < 4.78 is 11.0. The van der Waals surface area contributed by atoms with Crippen molar-refractivity contribution in [1.82, 2.24) is 0 Å². The molecule has 4 nitrogen and oxygen atoms in total. The van der Waals surface area contributed by atoms with E-state index in [-0.39, 0.29) is 17.8 Å². The largest absolute Gasteiger partial charge is 0.459 e. The molecule has 3 atom stereocenters. The first-order valence-corrected chi connectivity index (χ1v) is 10.1. The molecule has 0 aromatic heterocycles. The first-order chi connectivity index (χ1) is 12.6. The highest BCUT2D eigenvalue weighted by molar-refractivity contribution is 6.14. The maximum Gasteiger partial charge on any atom is 0.345 e. The summed E-state index contributed by atoms with van der Waals surface area (Å²) in [7, 11) is 0. The van der Waals surface area contributed by atoms with Gasteiger partial charge >= 0.3 is 11.9 Å². The fraction of sp³-hybridized carbons (Fsp3) is 0.652. The van der Waals surface area contributed by atoms with Gasteiger partial charge in [-0.1, -0.05) is 52.8 Å². The molecule has 0 aliphatic heterocycles. The minimum absolute atomic E-state index is 0.0359. The van der Waals surface area contributed by atoms with E-state index in [2.05, 4.69) is 40.7 Å². The molecule has 0 radical (unpaired) electrons. The second-order valence-corrected chi connectivity index (χ2v) is 8.53. The highest BCUT2D eigenvalue weighted by Gasteiger charge is 2.26. The van der Waals surface area contributed by atoms with Crippen molar-refractivity contribution in [3.8, 4) is 0 Å². The molecule has 27 heavy (non-hydrogen) atoms. The van der Waals surface area contributed by atoms with E-state index in [1.54, 1.807) is 6.08 Å². The standard InChI is InChI=1S/C23H36O4/c1-15(2)11-18(6)26-22(24)21(14-20-10-8-9-17(5)13-20)23(25)27-19(7)12-16(3)4/h8,10,13-19H,9,11-12H2,1-7H3. The first kappa shape index (κ1) is 23.2. The summed E-state index contributed by atoms with van der Waals surface area (Å²) in [4.78, 5) is 25.4. The number of carbonyl (C=O) groups is 2. The number of rotatable bonds is 9. The Balaban J connectivity index is 2.99. The molecule has 1 aliphatic carbocycles. The molecule has 0 heterocycles. The van der Waals surface area contributed by atoms with Crippen LogP contribution in [0.5, 0.6) is 0 Å². The molecule has 3 unspecified atom stereocenters. The fourth-order valence-corrected chi connectivity index (χ4v) is 3.25. The van der Waals surface area contributed by atoms with E-state index in [0.29, 0.717) is 17.8 Å². The van der Waals surface area contributed by atoms with Crippen molar-refractivity contribution in [1.29, 1.82) is 0 Å². The Bertz CT molecular complexity index is 563. The monoisotopic (exact) mass is 376 g/mol. The zero-order valence-electron chi connectivity index (χ0n) is 18.0. The number of esters is 2. The normalized spacial score (nSPS) is 18.7. The maximum atomic E-state index is 12.7. The van der Waals surface area contributed by atoms with Gasteiger partial charge in [-0.2, -0.15) is 0 Å². The van der Waals surface area contributed by atoms with E-state index in [4.69, 9.17) is 9.47 Å². The van der Waals surface area contributed by atoms with Crippen molar-refractivity contribution >= 4 is 11.9 Å². The predicted molar refractivity (Wildman–Crippen MR) is 109 cm³/mol. The molecule has 0 amide bonds.